The van der Waals surface area contributed by atoms with E-state index in [-0.39, 0.29) is 17.3 Å². The summed E-state index contributed by atoms with van der Waals surface area (Å²) in [7, 11) is 0. The molecule has 0 saturated heterocycles. The first-order chi connectivity index (χ1) is 9.22. The molecule has 0 aliphatic heterocycles. The van der Waals surface area contributed by atoms with Crippen LogP contribution in [0.2, 0.25) is 0 Å². The lowest BCUT2D eigenvalue weighted by Gasteiger charge is -2.16. The van der Waals surface area contributed by atoms with Crippen molar-refractivity contribution < 1.29 is 14.7 Å². The highest BCUT2D eigenvalue weighted by Crippen LogP contribution is 2.09. The third-order valence-corrected chi connectivity index (χ3v) is 4.01. The zero-order valence-electron chi connectivity index (χ0n) is 12.1. The Balaban J connectivity index is 2.76. The number of nitrogens with one attached hydrogen (secondary N) is 1. The number of aryl methyl sites for hydroxylation is 1. The quantitative estimate of drug-likeness (QED) is 0.824. The molecule has 0 fully saturated rings. The van der Waals surface area contributed by atoms with Crippen molar-refractivity contribution in [3.05, 3.63) is 20.2 Å². The van der Waals surface area contributed by atoms with E-state index in [4.69, 9.17) is 5.11 Å². The summed E-state index contributed by atoms with van der Waals surface area (Å²) in [6.45, 7) is 7.22. The van der Waals surface area contributed by atoms with Crippen molar-refractivity contribution in [2.24, 2.45) is 5.92 Å². The van der Waals surface area contributed by atoms with Gasteiger partial charge in [-0.3, -0.25) is 14.2 Å². The van der Waals surface area contributed by atoms with Crippen molar-refractivity contribution in [1.82, 2.24) is 9.88 Å². The minimum absolute atomic E-state index is 0.142. The number of hydrogen-bond donors (Lipinski definition) is 2. The van der Waals surface area contributed by atoms with Gasteiger partial charge >= 0.3 is 10.8 Å². The number of nitrogens with zero attached hydrogens (tertiary/aromatic N) is 1. The summed E-state index contributed by atoms with van der Waals surface area (Å²) in [5, 5.41) is 11.5. The summed E-state index contributed by atoms with van der Waals surface area (Å²) in [5.41, 5.74) is 0.742. The molecule has 0 unspecified atom stereocenters. The minimum Gasteiger partial charge on any atom is -0.480 e. The Hall–Kier alpha value is -1.63. The lowest BCUT2D eigenvalue weighted by Crippen LogP contribution is -2.43. The third-order valence-electron chi connectivity index (χ3n) is 3.02. The minimum atomic E-state index is -1.06. The molecule has 20 heavy (non-hydrogen) atoms. The van der Waals surface area contributed by atoms with Crippen LogP contribution in [0.1, 0.15) is 30.8 Å². The third kappa shape index (κ3) is 4.19. The molecule has 2 N–H and O–H groups in total. The maximum Gasteiger partial charge on any atom is 0.326 e. The predicted octanol–water partition coefficient (Wildman–Crippen LogP) is 1.14. The van der Waals surface area contributed by atoms with E-state index in [2.05, 4.69) is 5.32 Å². The zero-order valence-corrected chi connectivity index (χ0v) is 12.9. The molecule has 0 aliphatic carbocycles. The molecule has 1 heterocycles. The monoisotopic (exact) mass is 300 g/mol. The van der Waals surface area contributed by atoms with Crippen LogP contribution in [0.4, 0.5) is 0 Å². The Bertz CT molecular complexity index is 559. The molecule has 1 aromatic rings. The lowest BCUT2D eigenvalue weighted by molar-refractivity contribution is -0.142. The Morgan fingerprint density at radius 3 is 2.35 bits per heavy atom. The molecule has 6 nitrogen and oxygen atoms in total. The van der Waals surface area contributed by atoms with Gasteiger partial charge in [-0.05, 0) is 26.2 Å². The fourth-order valence-corrected chi connectivity index (χ4v) is 2.68. The van der Waals surface area contributed by atoms with Crippen LogP contribution in [0.15, 0.2) is 4.79 Å². The summed E-state index contributed by atoms with van der Waals surface area (Å²) in [6.07, 6.45) is 0.359. The molecule has 0 aliphatic rings. The van der Waals surface area contributed by atoms with E-state index in [9.17, 15) is 14.4 Å². The van der Waals surface area contributed by atoms with Gasteiger partial charge in [0.2, 0.25) is 5.91 Å². The van der Waals surface area contributed by atoms with Crippen molar-refractivity contribution in [2.45, 2.75) is 46.7 Å². The van der Waals surface area contributed by atoms with E-state index in [1.54, 1.807) is 6.92 Å². The SMILES string of the molecule is Cc1sc(=O)n(CC(=O)N[C@H](CC(C)C)C(=O)O)c1C. The molecular weight excluding hydrogens is 280 g/mol. The maximum atomic E-state index is 11.9. The smallest absolute Gasteiger partial charge is 0.326 e. The molecule has 1 amide bonds. The molecule has 0 aromatic carbocycles. The van der Waals surface area contributed by atoms with Gasteiger partial charge in [-0.2, -0.15) is 0 Å². The van der Waals surface area contributed by atoms with Crippen molar-refractivity contribution in [3.63, 3.8) is 0 Å². The average Bonchev–Trinajstić information content (AvgIpc) is 2.54. The number of amides is 1. The number of aliphatic carboxylic acids is 1. The van der Waals surface area contributed by atoms with Gasteiger partial charge in [0, 0.05) is 10.6 Å². The highest BCUT2D eigenvalue weighted by atomic mass is 32.1. The van der Waals surface area contributed by atoms with Crippen LogP contribution in [0.5, 0.6) is 0 Å². The summed E-state index contributed by atoms with van der Waals surface area (Å²) >= 11 is 1.08. The van der Waals surface area contributed by atoms with E-state index in [1.165, 1.54) is 4.57 Å². The van der Waals surface area contributed by atoms with Crippen LogP contribution in [0.25, 0.3) is 0 Å². The summed E-state index contributed by atoms with van der Waals surface area (Å²) in [4.78, 5) is 35.3. The summed E-state index contributed by atoms with van der Waals surface area (Å²) in [6, 6.07) is -0.918. The van der Waals surface area contributed by atoms with Crippen molar-refractivity contribution in [1.29, 1.82) is 0 Å². The second-order valence-corrected chi connectivity index (χ2v) is 6.35. The highest BCUT2D eigenvalue weighted by molar-refractivity contribution is 7.09. The molecule has 0 bridgehead atoms. The van der Waals surface area contributed by atoms with E-state index in [0.29, 0.717) is 6.42 Å². The Labute approximate surface area is 121 Å². The molecule has 0 radical (unpaired) electrons. The fourth-order valence-electron chi connectivity index (χ4n) is 1.85. The highest BCUT2D eigenvalue weighted by Gasteiger charge is 2.22. The number of aromatic nitrogens is 1. The summed E-state index contributed by atoms with van der Waals surface area (Å²) < 4.78 is 1.36. The van der Waals surface area contributed by atoms with E-state index in [0.717, 1.165) is 21.9 Å². The van der Waals surface area contributed by atoms with Gasteiger partial charge in [-0.25, -0.2) is 4.79 Å². The van der Waals surface area contributed by atoms with Gasteiger partial charge < -0.3 is 10.4 Å². The van der Waals surface area contributed by atoms with E-state index >= 15 is 0 Å². The van der Waals surface area contributed by atoms with Gasteiger partial charge in [0.25, 0.3) is 0 Å². The molecular formula is C13H20N2O4S. The molecule has 7 heteroatoms. The first kappa shape index (κ1) is 16.4. The van der Waals surface area contributed by atoms with Gasteiger partial charge in [-0.1, -0.05) is 25.2 Å². The number of hydrogen-bond acceptors (Lipinski definition) is 4. The number of thiazole rings is 1. The fraction of sp³-hybridized carbons (Fsp3) is 0.615. The van der Waals surface area contributed by atoms with Crippen molar-refractivity contribution >= 4 is 23.2 Å². The normalized spacial score (nSPS) is 12.4. The van der Waals surface area contributed by atoms with Crippen molar-refractivity contribution in [2.75, 3.05) is 0 Å². The largest absolute Gasteiger partial charge is 0.480 e. The standard InChI is InChI=1S/C13H20N2O4S/c1-7(2)5-10(12(17)18)14-11(16)6-15-8(3)9(4)20-13(15)19/h7,10H,5-6H2,1-4H3,(H,14,16)(H,17,18)/t10-/m1/s1. The topological polar surface area (TPSA) is 88.4 Å². The first-order valence-corrected chi connectivity index (χ1v) is 7.23. The average molecular weight is 300 g/mol. The second kappa shape index (κ2) is 6.69. The molecule has 0 spiro atoms. The van der Waals surface area contributed by atoms with E-state index < -0.39 is 17.9 Å². The second-order valence-electron chi connectivity index (χ2n) is 5.18. The predicted molar refractivity (Wildman–Crippen MR) is 77.1 cm³/mol. The number of carboxylic acid groups (broad SMARTS) is 1. The Morgan fingerprint density at radius 2 is 1.95 bits per heavy atom. The summed E-state index contributed by atoms with van der Waals surface area (Å²) in [5.74, 6) is -1.36. The van der Waals surface area contributed by atoms with Crippen LogP contribution in [0.3, 0.4) is 0 Å². The molecule has 1 rings (SSSR count). The van der Waals surface area contributed by atoms with Crippen LogP contribution < -0.4 is 10.2 Å². The number of carbonyl (C=O) groups excluding carboxylic acids is 1. The van der Waals surface area contributed by atoms with Gasteiger partial charge in [-0.15, -0.1) is 0 Å². The van der Waals surface area contributed by atoms with Gasteiger partial charge in [0.15, 0.2) is 0 Å². The number of carboxylic acids is 1. The van der Waals surface area contributed by atoms with Crippen molar-refractivity contribution in [3.8, 4) is 0 Å². The molecule has 0 saturated carbocycles. The first-order valence-electron chi connectivity index (χ1n) is 6.41. The lowest BCUT2D eigenvalue weighted by atomic mass is 10.0. The van der Waals surface area contributed by atoms with Crippen LogP contribution in [-0.2, 0) is 16.1 Å². The molecule has 1 aromatic heterocycles. The maximum absolute atomic E-state index is 11.9. The van der Waals surface area contributed by atoms with Gasteiger partial charge in [0.1, 0.15) is 12.6 Å². The van der Waals surface area contributed by atoms with Crippen LogP contribution in [0, 0.1) is 19.8 Å². The zero-order chi connectivity index (χ0) is 15.4. The Kier molecular flexibility index (Phi) is 5.50. The molecule has 1 atom stereocenters. The Morgan fingerprint density at radius 1 is 1.35 bits per heavy atom. The molecule has 112 valence electrons. The number of carbonyl (C=O) groups is 2. The van der Waals surface area contributed by atoms with Gasteiger partial charge in [0.05, 0.1) is 0 Å². The van der Waals surface area contributed by atoms with Crippen LogP contribution >= 0.6 is 11.3 Å². The van der Waals surface area contributed by atoms with E-state index in [1.807, 2.05) is 20.8 Å². The van der Waals surface area contributed by atoms with Crippen LogP contribution in [-0.4, -0.2) is 27.6 Å². The number of rotatable bonds is 6.